The standard InChI is InChI=1S/C26H22N2/c1-26(2,3)15-16-8-11-22-20(14-16)18-10-9-17-12-13-27-24-19-6-4-5-7-21(19)28(22)25(18)23(17)24/h4-14H,15H2,1-3H3. The third-order valence-corrected chi connectivity index (χ3v) is 5.85. The van der Waals surface area contributed by atoms with E-state index in [1.807, 2.05) is 6.20 Å². The number of hydrogen-bond acceptors (Lipinski definition) is 1. The summed E-state index contributed by atoms with van der Waals surface area (Å²) in [5.41, 5.74) is 6.58. The fraction of sp³-hybridized carbons (Fsp3) is 0.192. The predicted octanol–water partition coefficient (Wildman–Crippen LogP) is 6.97. The molecule has 3 aromatic carbocycles. The Morgan fingerprint density at radius 1 is 0.821 bits per heavy atom. The minimum absolute atomic E-state index is 0.274. The van der Waals surface area contributed by atoms with Crippen LogP contribution >= 0.6 is 0 Å². The van der Waals surface area contributed by atoms with Crippen LogP contribution in [-0.2, 0) is 6.42 Å². The van der Waals surface area contributed by atoms with E-state index in [1.54, 1.807) is 0 Å². The largest absolute Gasteiger partial charge is 0.308 e. The van der Waals surface area contributed by atoms with Gasteiger partial charge in [-0.3, -0.25) is 4.98 Å². The lowest BCUT2D eigenvalue weighted by Crippen LogP contribution is -2.08. The third kappa shape index (κ3) is 2.06. The normalized spacial score (nSPS) is 13.0. The molecule has 0 spiro atoms. The summed E-state index contributed by atoms with van der Waals surface area (Å²) in [5.74, 6) is 0. The van der Waals surface area contributed by atoms with Crippen molar-refractivity contribution in [1.82, 2.24) is 9.38 Å². The molecule has 2 nitrogen and oxygen atoms in total. The molecular weight excluding hydrogens is 340 g/mol. The van der Waals surface area contributed by atoms with Crippen LogP contribution in [0.15, 0.2) is 66.9 Å². The Hall–Kier alpha value is -3.13. The molecule has 3 heterocycles. The summed E-state index contributed by atoms with van der Waals surface area (Å²) in [6.07, 6.45) is 3.01. The number of fused-ring (bicyclic) bond motifs is 6. The van der Waals surface area contributed by atoms with Gasteiger partial charge in [0.05, 0.1) is 22.1 Å². The predicted molar refractivity (Wildman–Crippen MR) is 120 cm³/mol. The summed E-state index contributed by atoms with van der Waals surface area (Å²) < 4.78 is 2.44. The molecule has 0 radical (unpaired) electrons. The highest BCUT2D eigenvalue weighted by Gasteiger charge is 2.19. The number of benzene rings is 3. The van der Waals surface area contributed by atoms with Gasteiger partial charge < -0.3 is 4.40 Å². The molecule has 0 bridgehead atoms. The Balaban J connectivity index is 1.88. The van der Waals surface area contributed by atoms with Crippen LogP contribution in [0.5, 0.6) is 0 Å². The molecular formula is C26H22N2. The molecule has 0 saturated heterocycles. The first-order chi connectivity index (χ1) is 13.5. The zero-order chi connectivity index (χ0) is 19.0. The summed E-state index contributed by atoms with van der Waals surface area (Å²) in [6, 6.07) is 22.3. The summed E-state index contributed by atoms with van der Waals surface area (Å²) >= 11 is 0. The average Bonchev–Trinajstić information content (AvgIpc) is 3.01. The maximum Gasteiger partial charge on any atom is 0.0822 e. The second-order valence-corrected chi connectivity index (χ2v) is 9.16. The Labute approximate surface area is 163 Å². The smallest absolute Gasteiger partial charge is 0.0822 e. The van der Waals surface area contributed by atoms with Gasteiger partial charge in [-0.2, -0.15) is 0 Å². The number of nitrogens with zero attached hydrogens (tertiary/aromatic N) is 2. The van der Waals surface area contributed by atoms with Crippen LogP contribution in [0.25, 0.3) is 49.0 Å². The van der Waals surface area contributed by atoms with Crippen LogP contribution in [0, 0.1) is 5.41 Å². The summed E-state index contributed by atoms with van der Waals surface area (Å²) in [6.45, 7) is 6.91. The maximum absolute atomic E-state index is 4.78. The number of hydrogen-bond donors (Lipinski definition) is 0. The molecule has 3 aromatic heterocycles. The lowest BCUT2D eigenvalue weighted by Gasteiger charge is -2.18. The third-order valence-electron chi connectivity index (χ3n) is 5.85. The topological polar surface area (TPSA) is 17.3 Å². The van der Waals surface area contributed by atoms with Gasteiger partial charge in [-0.25, -0.2) is 0 Å². The van der Waals surface area contributed by atoms with Crippen molar-refractivity contribution in [2.24, 2.45) is 5.41 Å². The van der Waals surface area contributed by atoms with Crippen molar-refractivity contribution in [2.75, 3.05) is 0 Å². The molecule has 0 atom stereocenters. The molecule has 28 heavy (non-hydrogen) atoms. The molecule has 0 saturated carbocycles. The van der Waals surface area contributed by atoms with E-state index < -0.39 is 0 Å². The zero-order valence-corrected chi connectivity index (χ0v) is 16.5. The Kier molecular flexibility index (Phi) is 2.97. The van der Waals surface area contributed by atoms with E-state index in [2.05, 4.69) is 85.8 Å². The van der Waals surface area contributed by atoms with E-state index in [1.165, 1.54) is 49.0 Å². The summed E-state index contributed by atoms with van der Waals surface area (Å²) in [7, 11) is 0. The van der Waals surface area contributed by atoms with Gasteiger partial charge in [-0.05, 0) is 47.1 Å². The molecule has 0 fully saturated rings. The van der Waals surface area contributed by atoms with Gasteiger partial charge in [0, 0.05) is 27.7 Å². The first-order valence-electron chi connectivity index (χ1n) is 9.96. The zero-order valence-electron chi connectivity index (χ0n) is 16.5. The summed E-state index contributed by atoms with van der Waals surface area (Å²) in [4.78, 5) is 4.78. The van der Waals surface area contributed by atoms with E-state index >= 15 is 0 Å². The molecule has 0 aliphatic heterocycles. The highest BCUT2D eigenvalue weighted by molar-refractivity contribution is 6.27. The van der Waals surface area contributed by atoms with Crippen LogP contribution in [0.3, 0.4) is 0 Å². The lowest BCUT2D eigenvalue weighted by atomic mass is 9.88. The Morgan fingerprint density at radius 3 is 2.50 bits per heavy atom. The van der Waals surface area contributed by atoms with Gasteiger partial charge in [0.25, 0.3) is 0 Å². The first-order valence-corrected chi connectivity index (χ1v) is 9.96. The van der Waals surface area contributed by atoms with Crippen molar-refractivity contribution in [3.05, 3.63) is 72.4 Å². The molecule has 0 amide bonds. The van der Waals surface area contributed by atoms with Crippen LogP contribution in [-0.4, -0.2) is 9.38 Å². The van der Waals surface area contributed by atoms with E-state index in [0.29, 0.717) is 0 Å². The number of aromatic nitrogens is 2. The highest BCUT2D eigenvalue weighted by Crippen LogP contribution is 2.40. The molecule has 6 rings (SSSR count). The van der Waals surface area contributed by atoms with Gasteiger partial charge in [-0.1, -0.05) is 57.2 Å². The van der Waals surface area contributed by atoms with Gasteiger partial charge >= 0.3 is 0 Å². The molecule has 0 aliphatic carbocycles. The molecule has 0 unspecified atom stereocenters. The van der Waals surface area contributed by atoms with Crippen molar-refractivity contribution >= 4 is 49.0 Å². The Bertz CT molecular complexity index is 1500. The maximum atomic E-state index is 4.78. The lowest BCUT2D eigenvalue weighted by molar-refractivity contribution is 0.411. The fourth-order valence-electron chi connectivity index (χ4n) is 4.86. The molecule has 2 heteroatoms. The van der Waals surface area contributed by atoms with Gasteiger partial charge in [0.2, 0.25) is 0 Å². The minimum Gasteiger partial charge on any atom is -0.308 e. The van der Waals surface area contributed by atoms with E-state index in [0.717, 1.165) is 11.9 Å². The van der Waals surface area contributed by atoms with Crippen molar-refractivity contribution in [3.8, 4) is 0 Å². The van der Waals surface area contributed by atoms with Crippen LogP contribution in [0.2, 0.25) is 0 Å². The number of para-hydroxylation sites is 1. The second-order valence-electron chi connectivity index (χ2n) is 9.16. The van der Waals surface area contributed by atoms with E-state index in [9.17, 15) is 0 Å². The second kappa shape index (κ2) is 5.23. The van der Waals surface area contributed by atoms with Gasteiger partial charge in [0.15, 0.2) is 0 Å². The molecule has 6 aromatic rings. The van der Waals surface area contributed by atoms with Crippen molar-refractivity contribution in [1.29, 1.82) is 0 Å². The van der Waals surface area contributed by atoms with Crippen molar-refractivity contribution < 1.29 is 0 Å². The minimum atomic E-state index is 0.274. The number of pyridine rings is 2. The molecule has 0 N–H and O–H groups in total. The van der Waals surface area contributed by atoms with E-state index in [4.69, 9.17) is 4.98 Å². The van der Waals surface area contributed by atoms with Gasteiger partial charge in [-0.15, -0.1) is 0 Å². The molecule has 136 valence electrons. The van der Waals surface area contributed by atoms with E-state index in [-0.39, 0.29) is 5.41 Å². The van der Waals surface area contributed by atoms with Crippen LogP contribution in [0.4, 0.5) is 0 Å². The fourth-order valence-corrected chi connectivity index (χ4v) is 4.86. The van der Waals surface area contributed by atoms with Gasteiger partial charge in [0.1, 0.15) is 0 Å². The first kappa shape index (κ1) is 15.9. The number of rotatable bonds is 1. The highest BCUT2D eigenvalue weighted by atomic mass is 14.9. The monoisotopic (exact) mass is 362 g/mol. The quantitative estimate of drug-likeness (QED) is 0.228. The van der Waals surface area contributed by atoms with Crippen LogP contribution < -0.4 is 0 Å². The van der Waals surface area contributed by atoms with Crippen molar-refractivity contribution in [3.63, 3.8) is 0 Å². The average molecular weight is 362 g/mol. The van der Waals surface area contributed by atoms with Crippen molar-refractivity contribution in [2.45, 2.75) is 27.2 Å². The SMILES string of the molecule is CC(C)(C)Cc1ccc2c(c1)c1ccc3ccnc4c5ccccc5n2c1c34. The molecule has 0 aliphatic rings. The Morgan fingerprint density at radius 2 is 1.64 bits per heavy atom. The van der Waals surface area contributed by atoms with Crippen LogP contribution in [0.1, 0.15) is 26.3 Å². The summed E-state index contributed by atoms with van der Waals surface area (Å²) in [5, 5.41) is 6.40.